The van der Waals surface area contributed by atoms with Crippen LogP contribution in [0.2, 0.25) is 0 Å². The zero-order chi connectivity index (χ0) is 19.9. The minimum Gasteiger partial charge on any atom is -0.508 e. The molecule has 0 radical (unpaired) electrons. The first-order valence-electron chi connectivity index (χ1n) is 9.06. The predicted octanol–water partition coefficient (Wildman–Crippen LogP) is 2.62. The van der Waals surface area contributed by atoms with Gasteiger partial charge in [-0.15, -0.1) is 0 Å². The standard InChI is InChI=1S/C15H18N2O3.C5H10O2/c18-12-2-3-14-13(9-12)11(10-16-14)1-4-15(19)17-5-7-20-8-6-17;1-5(2,3)7-4-6/h2-3,9-10,16,18H,1,4-8H2;4H,1-3H3. The summed E-state index contributed by atoms with van der Waals surface area (Å²) in [7, 11) is 0. The van der Waals surface area contributed by atoms with Gasteiger partial charge in [0.15, 0.2) is 0 Å². The van der Waals surface area contributed by atoms with Crippen molar-refractivity contribution >= 4 is 23.3 Å². The van der Waals surface area contributed by atoms with Crippen LogP contribution in [0.25, 0.3) is 10.9 Å². The van der Waals surface area contributed by atoms with E-state index in [2.05, 4.69) is 9.72 Å². The average Bonchev–Trinajstić information content (AvgIpc) is 3.02. The van der Waals surface area contributed by atoms with Crippen LogP contribution in [0.3, 0.4) is 0 Å². The lowest BCUT2D eigenvalue weighted by Gasteiger charge is -2.26. The second kappa shape index (κ2) is 9.41. The van der Waals surface area contributed by atoms with Crippen molar-refractivity contribution in [1.82, 2.24) is 9.88 Å². The summed E-state index contributed by atoms with van der Waals surface area (Å²) < 4.78 is 9.79. The molecular formula is C20H28N2O5. The molecule has 2 heterocycles. The highest BCUT2D eigenvalue weighted by Gasteiger charge is 2.17. The number of fused-ring (bicyclic) bond motifs is 1. The van der Waals surface area contributed by atoms with Gasteiger partial charge in [-0.2, -0.15) is 0 Å². The summed E-state index contributed by atoms with van der Waals surface area (Å²) in [5, 5.41) is 10.5. The van der Waals surface area contributed by atoms with E-state index in [1.807, 2.05) is 37.9 Å². The summed E-state index contributed by atoms with van der Waals surface area (Å²) in [6.07, 6.45) is 3.08. The Labute approximate surface area is 159 Å². The average molecular weight is 376 g/mol. The number of carbonyl (C=O) groups excluding carboxylic acids is 2. The van der Waals surface area contributed by atoms with E-state index in [0.29, 0.717) is 45.6 Å². The van der Waals surface area contributed by atoms with Crippen LogP contribution in [0.1, 0.15) is 32.8 Å². The van der Waals surface area contributed by atoms with E-state index < -0.39 is 0 Å². The lowest BCUT2D eigenvalue weighted by molar-refractivity contribution is -0.138. The molecule has 1 aromatic carbocycles. The van der Waals surface area contributed by atoms with Gasteiger partial charge >= 0.3 is 0 Å². The number of aromatic nitrogens is 1. The van der Waals surface area contributed by atoms with Crippen LogP contribution in [0, 0.1) is 0 Å². The van der Waals surface area contributed by atoms with Gasteiger partial charge in [0, 0.05) is 36.6 Å². The van der Waals surface area contributed by atoms with E-state index in [0.717, 1.165) is 16.5 Å². The maximum Gasteiger partial charge on any atom is 0.293 e. The summed E-state index contributed by atoms with van der Waals surface area (Å²) >= 11 is 0. The molecule has 148 valence electrons. The van der Waals surface area contributed by atoms with Crippen molar-refractivity contribution in [3.63, 3.8) is 0 Å². The molecule has 7 nitrogen and oxygen atoms in total. The van der Waals surface area contributed by atoms with E-state index in [-0.39, 0.29) is 17.3 Å². The first kappa shape index (κ1) is 20.8. The number of rotatable bonds is 4. The third-order valence-electron chi connectivity index (χ3n) is 4.12. The molecule has 1 saturated heterocycles. The molecule has 27 heavy (non-hydrogen) atoms. The van der Waals surface area contributed by atoms with Gasteiger partial charge in [-0.3, -0.25) is 9.59 Å². The number of aromatic amines is 1. The smallest absolute Gasteiger partial charge is 0.293 e. The summed E-state index contributed by atoms with van der Waals surface area (Å²) in [5.41, 5.74) is 1.73. The van der Waals surface area contributed by atoms with Crippen molar-refractivity contribution in [2.45, 2.75) is 39.2 Å². The Morgan fingerprint density at radius 1 is 1.33 bits per heavy atom. The number of amides is 1. The molecular weight excluding hydrogens is 348 g/mol. The van der Waals surface area contributed by atoms with E-state index in [1.54, 1.807) is 12.1 Å². The maximum absolute atomic E-state index is 12.1. The number of nitrogens with zero attached hydrogens (tertiary/aromatic N) is 1. The molecule has 0 aliphatic carbocycles. The fraction of sp³-hybridized carbons (Fsp3) is 0.500. The molecule has 0 bridgehead atoms. The second-order valence-electron chi connectivity index (χ2n) is 7.36. The van der Waals surface area contributed by atoms with Gasteiger partial charge in [0.1, 0.15) is 11.4 Å². The molecule has 3 rings (SSSR count). The van der Waals surface area contributed by atoms with E-state index in [1.165, 1.54) is 0 Å². The molecule has 0 spiro atoms. The molecule has 1 aliphatic heterocycles. The molecule has 0 saturated carbocycles. The van der Waals surface area contributed by atoms with Gasteiger partial charge in [0.2, 0.25) is 5.91 Å². The number of nitrogens with one attached hydrogen (secondary N) is 1. The van der Waals surface area contributed by atoms with Crippen molar-refractivity contribution in [1.29, 1.82) is 0 Å². The maximum atomic E-state index is 12.1. The first-order valence-corrected chi connectivity index (χ1v) is 9.06. The highest BCUT2D eigenvalue weighted by Crippen LogP contribution is 2.24. The lowest BCUT2D eigenvalue weighted by atomic mass is 10.1. The normalized spacial score (nSPS) is 14.4. The van der Waals surface area contributed by atoms with Gasteiger partial charge in [-0.25, -0.2) is 0 Å². The number of morpholine rings is 1. The topological polar surface area (TPSA) is 91.9 Å². The molecule has 7 heteroatoms. The summed E-state index contributed by atoms with van der Waals surface area (Å²) in [4.78, 5) is 26.7. The van der Waals surface area contributed by atoms with Crippen LogP contribution in [0.5, 0.6) is 5.75 Å². The highest BCUT2D eigenvalue weighted by atomic mass is 16.5. The molecule has 2 aromatic rings. The molecule has 1 aromatic heterocycles. The minimum atomic E-state index is -0.318. The Hall–Kier alpha value is -2.54. The summed E-state index contributed by atoms with van der Waals surface area (Å²) in [5.74, 6) is 0.417. The van der Waals surface area contributed by atoms with Gasteiger partial charge in [0.25, 0.3) is 6.47 Å². The molecule has 1 aliphatic rings. The third-order valence-corrected chi connectivity index (χ3v) is 4.12. The molecule has 1 amide bonds. The number of hydrogen-bond donors (Lipinski definition) is 2. The highest BCUT2D eigenvalue weighted by molar-refractivity contribution is 5.85. The zero-order valence-corrected chi connectivity index (χ0v) is 16.2. The number of phenolic OH excluding ortho intramolecular Hbond substituents is 1. The Balaban J connectivity index is 0.000000321. The Morgan fingerprint density at radius 2 is 2.04 bits per heavy atom. The number of phenols is 1. The monoisotopic (exact) mass is 376 g/mol. The minimum absolute atomic E-state index is 0.169. The van der Waals surface area contributed by atoms with E-state index in [4.69, 9.17) is 4.74 Å². The number of H-pyrrole nitrogens is 1. The van der Waals surface area contributed by atoms with Crippen molar-refractivity contribution in [2.75, 3.05) is 26.3 Å². The second-order valence-corrected chi connectivity index (χ2v) is 7.36. The van der Waals surface area contributed by atoms with Crippen molar-refractivity contribution in [3.8, 4) is 5.75 Å². The van der Waals surface area contributed by atoms with Crippen LogP contribution in [-0.4, -0.2) is 59.3 Å². The van der Waals surface area contributed by atoms with Crippen LogP contribution >= 0.6 is 0 Å². The molecule has 0 atom stereocenters. The van der Waals surface area contributed by atoms with Crippen LogP contribution in [0.4, 0.5) is 0 Å². The third kappa shape index (κ3) is 6.60. The molecule has 2 N–H and O–H groups in total. The van der Waals surface area contributed by atoms with Crippen LogP contribution < -0.4 is 0 Å². The fourth-order valence-electron chi connectivity index (χ4n) is 2.73. The van der Waals surface area contributed by atoms with Crippen LogP contribution in [-0.2, 0) is 25.5 Å². The van der Waals surface area contributed by atoms with Gasteiger partial charge in [0.05, 0.1) is 13.2 Å². The quantitative estimate of drug-likeness (QED) is 0.801. The zero-order valence-electron chi connectivity index (χ0n) is 16.2. The lowest BCUT2D eigenvalue weighted by Crippen LogP contribution is -2.40. The van der Waals surface area contributed by atoms with E-state index in [9.17, 15) is 14.7 Å². The van der Waals surface area contributed by atoms with Crippen molar-refractivity contribution < 1.29 is 24.2 Å². The first-order chi connectivity index (χ1) is 12.8. The van der Waals surface area contributed by atoms with Crippen molar-refractivity contribution in [2.24, 2.45) is 0 Å². The van der Waals surface area contributed by atoms with Gasteiger partial charge in [-0.1, -0.05) is 0 Å². The number of aromatic hydroxyl groups is 1. The van der Waals surface area contributed by atoms with Gasteiger partial charge in [-0.05, 0) is 51.0 Å². The van der Waals surface area contributed by atoms with E-state index >= 15 is 0 Å². The predicted molar refractivity (Wildman–Crippen MR) is 103 cm³/mol. The Bertz CT molecular complexity index is 757. The number of hydrogen-bond acceptors (Lipinski definition) is 5. The number of benzene rings is 1. The summed E-state index contributed by atoms with van der Waals surface area (Å²) in [6, 6.07) is 5.24. The number of carbonyl (C=O) groups is 2. The van der Waals surface area contributed by atoms with Crippen molar-refractivity contribution in [3.05, 3.63) is 30.0 Å². The Morgan fingerprint density at radius 3 is 2.63 bits per heavy atom. The fourth-order valence-corrected chi connectivity index (χ4v) is 2.73. The Kier molecular flexibility index (Phi) is 7.24. The van der Waals surface area contributed by atoms with Gasteiger partial charge < -0.3 is 24.5 Å². The number of ether oxygens (including phenoxy) is 2. The summed E-state index contributed by atoms with van der Waals surface area (Å²) in [6.45, 7) is 8.56. The molecule has 1 fully saturated rings. The number of aryl methyl sites for hydroxylation is 1. The largest absolute Gasteiger partial charge is 0.508 e. The SMILES string of the molecule is CC(C)(C)OC=O.O=C(CCc1c[nH]c2ccc(O)cc12)N1CCOCC1. The molecule has 0 unspecified atom stereocenters. The van der Waals surface area contributed by atoms with Crippen LogP contribution in [0.15, 0.2) is 24.4 Å².